The molecule has 1 aromatic rings. The molecule has 2 N–H and O–H groups in total. The summed E-state index contributed by atoms with van der Waals surface area (Å²) in [5.41, 5.74) is 0.725. The third kappa shape index (κ3) is 3.99. The number of amides is 1. The zero-order chi connectivity index (χ0) is 16.5. The molecule has 22 heavy (non-hydrogen) atoms. The molecule has 0 radical (unpaired) electrons. The number of ether oxygens (including phenoxy) is 1. The second-order valence-electron chi connectivity index (χ2n) is 6.68. The van der Waals surface area contributed by atoms with Crippen molar-refractivity contribution in [2.45, 2.75) is 52.7 Å². The average Bonchev–Trinajstić information content (AvgIpc) is 2.81. The molecule has 7 heteroatoms. The number of carbonyl (C=O) groups is 1. The molecule has 1 fully saturated rings. The summed E-state index contributed by atoms with van der Waals surface area (Å²) in [5, 5.41) is 2.85. The quantitative estimate of drug-likeness (QED) is 0.864. The number of H-pyrrole nitrogens is 1. The van der Waals surface area contributed by atoms with E-state index in [9.17, 15) is 9.59 Å². The van der Waals surface area contributed by atoms with Gasteiger partial charge < -0.3 is 15.0 Å². The molecule has 2 rings (SSSR count). The number of nitrogens with zero attached hydrogens (tertiary/aromatic N) is 2. The van der Waals surface area contributed by atoms with Crippen molar-refractivity contribution in [2.24, 2.45) is 0 Å². The Labute approximate surface area is 130 Å². The minimum absolute atomic E-state index is 0.0123. The smallest absolute Gasteiger partial charge is 0.407 e. The maximum Gasteiger partial charge on any atom is 0.407 e. The molecule has 0 spiro atoms. The van der Waals surface area contributed by atoms with Crippen LogP contribution in [0.3, 0.4) is 0 Å². The van der Waals surface area contributed by atoms with Gasteiger partial charge in [-0.15, -0.1) is 0 Å². The van der Waals surface area contributed by atoms with Gasteiger partial charge in [-0.1, -0.05) is 0 Å². The molecule has 1 amide bonds. The third-order valence-electron chi connectivity index (χ3n) is 3.59. The van der Waals surface area contributed by atoms with Crippen molar-refractivity contribution in [1.82, 2.24) is 15.3 Å². The first-order valence-corrected chi connectivity index (χ1v) is 7.47. The number of alkyl carbamates (subject to hydrolysis) is 1. The fraction of sp³-hybridized carbons (Fsp3) is 0.667. The molecule has 1 saturated heterocycles. The van der Waals surface area contributed by atoms with Crippen molar-refractivity contribution in [1.29, 1.82) is 0 Å². The van der Waals surface area contributed by atoms with Crippen LogP contribution in [0.5, 0.6) is 0 Å². The van der Waals surface area contributed by atoms with Crippen LogP contribution in [0, 0.1) is 13.8 Å². The summed E-state index contributed by atoms with van der Waals surface area (Å²) in [7, 11) is 0. The Hall–Kier alpha value is -2.05. The molecule has 1 atom stereocenters. The summed E-state index contributed by atoms with van der Waals surface area (Å²) in [6.07, 6.45) is 0.372. The molecule has 0 bridgehead atoms. The molecule has 1 aliphatic rings. The van der Waals surface area contributed by atoms with Crippen LogP contribution in [-0.4, -0.2) is 40.8 Å². The van der Waals surface area contributed by atoms with Crippen LogP contribution in [0.25, 0.3) is 0 Å². The van der Waals surface area contributed by atoms with E-state index in [0.717, 1.165) is 18.7 Å². The summed E-state index contributed by atoms with van der Waals surface area (Å²) < 4.78 is 5.25. The Morgan fingerprint density at radius 3 is 2.68 bits per heavy atom. The molecule has 0 saturated carbocycles. The zero-order valence-electron chi connectivity index (χ0n) is 13.8. The largest absolute Gasteiger partial charge is 0.444 e. The van der Waals surface area contributed by atoms with Crippen LogP contribution in [0.1, 0.15) is 38.4 Å². The standard InChI is InChI=1S/C15H24N4O3/c1-9-10(2)16-13(18-12(9)20)19-7-6-11(8-19)17-14(21)22-15(3,4)5/h11H,6-8H2,1-5H3,(H,17,21)(H,16,18,20)/t11-/m1/s1. The first-order valence-electron chi connectivity index (χ1n) is 7.47. The molecule has 0 unspecified atom stereocenters. The van der Waals surface area contributed by atoms with E-state index >= 15 is 0 Å². The minimum atomic E-state index is -0.511. The lowest BCUT2D eigenvalue weighted by molar-refractivity contribution is 0.0509. The lowest BCUT2D eigenvalue weighted by Gasteiger charge is -2.22. The Balaban J connectivity index is 1.98. The van der Waals surface area contributed by atoms with Gasteiger partial charge in [0.15, 0.2) is 0 Å². The molecule has 7 nitrogen and oxygen atoms in total. The van der Waals surface area contributed by atoms with Gasteiger partial charge in [0, 0.05) is 24.3 Å². The maximum atomic E-state index is 11.8. The number of nitrogens with one attached hydrogen (secondary N) is 2. The number of hydrogen-bond acceptors (Lipinski definition) is 5. The Bertz CT molecular complexity index is 618. The highest BCUT2D eigenvalue weighted by atomic mass is 16.6. The van der Waals surface area contributed by atoms with Crippen molar-refractivity contribution >= 4 is 12.0 Å². The van der Waals surface area contributed by atoms with E-state index in [0.29, 0.717) is 18.1 Å². The van der Waals surface area contributed by atoms with Crippen LogP contribution >= 0.6 is 0 Å². The third-order valence-corrected chi connectivity index (χ3v) is 3.59. The number of hydrogen-bond donors (Lipinski definition) is 2. The molecular weight excluding hydrogens is 284 g/mol. The van der Waals surface area contributed by atoms with Crippen LogP contribution in [0.4, 0.5) is 10.7 Å². The van der Waals surface area contributed by atoms with E-state index in [1.807, 2.05) is 32.6 Å². The Kier molecular flexibility index (Phi) is 4.44. The highest BCUT2D eigenvalue weighted by Gasteiger charge is 2.27. The van der Waals surface area contributed by atoms with E-state index in [-0.39, 0.29) is 11.6 Å². The van der Waals surface area contributed by atoms with E-state index < -0.39 is 11.7 Å². The minimum Gasteiger partial charge on any atom is -0.444 e. The SMILES string of the molecule is Cc1nc(N2CC[C@@H](NC(=O)OC(C)(C)C)C2)[nH]c(=O)c1C. The van der Waals surface area contributed by atoms with Crippen molar-refractivity contribution < 1.29 is 9.53 Å². The summed E-state index contributed by atoms with van der Waals surface area (Å²) in [6, 6.07) is -0.0123. The molecule has 0 aromatic carbocycles. The monoisotopic (exact) mass is 308 g/mol. The number of anilines is 1. The van der Waals surface area contributed by atoms with Gasteiger partial charge >= 0.3 is 6.09 Å². The van der Waals surface area contributed by atoms with Crippen molar-refractivity contribution in [3.05, 3.63) is 21.6 Å². The molecule has 0 aliphatic carbocycles. The maximum absolute atomic E-state index is 11.8. The summed E-state index contributed by atoms with van der Waals surface area (Å²) >= 11 is 0. The second-order valence-corrected chi connectivity index (χ2v) is 6.68. The van der Waals surface area contributed by atoms with Gasteiger partial charge in [0.25, 0.3) is 5.56 Å². The molecule has 2 heterocycles. The van der Waals surface area contributed by atoms with Crippen LogP contribution < -0.4 is 15.8 Å². The number of rotatable bonds is 2. The van der Waals surface area contributed by atoms with E-state index in [2.05, 4.69) is 15.3 Å². The highest BCUT2D eigenvalue weighted by molar-refractivity contribution is 5.68. The van der Waals surface area contributed by atoms with Gasteiger partial charge in [0.1, 0.15) is 5.60 Å². The van der Waals surface area contributed by atoms with Crippen molar-refractivity contribution in [2.75, 3.05) is 18.0 Å². The Morgan fingerprint density at radius 2 is 2.09 bits per heavy atom. The van der Waals surface area contributed by atoms with Gasteiger partial charge in [0.05, 0.1) is 6.04 Å². The lowest BCUT2D eigenvalue weighted by Crippen LogP contribution is -2.40. The van der Waals surface area contributed by atoms with E-state index in [1.54, 1.807) is 6.92 Å². The predicted octanol–water partition coefficient (Wildman–Crippen LogP) is 1.49. The highest BCUT2D eigenvalue weighted by Crippen LogP contribution is 2.16. The number of aromatic amines is 1. The first kappa shape index (κ1) is 16.3. The topological polar surface area (TPSA) is 87.3 Å². The summed E-state index contributed by atoms with van der Waals surface area (Å²) in [5.74, 6) is 0.557. The van der Waals surface area contributed by atoms with Gasteiger partial charge in [-0.3, -0.25) is 9.78 Å². The van der Waals surface area contributed by atoms with E-state index in [4.69, 9.17) is 4.74 Å². The van der Waals surface area contributed by atoms with Crippen LogP contribution in [0.2, 0.25) is 0 Å². The molecular formula is C15H24N4O3. The normalized spacial score (nSPS) is 18.4. The van der Waals surface area contributed by atoms with Gasteiger partial charge in [-0.05, 0) is 41.0 Å². The van der Waals surface area contributed by atoms with Gasteiger partial charge in [0.2, 0.25) is 5.95 Å². The fourth-order valence-electron chi connectivity index (χ4n) is 2.32. The summed E-state index contributed by atoms with van der Waals surface area (Å²) in [6.45, 7) is 10.4. The average molecular weight is 308 g/mol. The van der Waals surface area contributed by atoms with Gasteiger partial charge in [-0.2, -0.15) is 0 Å². The fourth-order valence-corrected chi connectivity index (χ4v) is 2.32. The predicted molar refractivity (Wildman–Crippen MR) is 84.3 cm³/mol. The first-order chi connectivity index (χ1) is 10.2. The number of aromatic nitrogens is 2. The number of aryl methyl sites for hydroxylation is 1. The number of carbonyl (C=O) groups excluding carboxylic acids is 1. The van der Waals surface area contributed by atoms with Crippen molar-refractivity contribution in [3.63, 3.8) is 0 Å². The zero-order valence-corrected chi connectivity index (χ0v) is 13.8. The molecule has 122 valence electrons. The van der Waals surface area contributed by atoms with Crippen LogP contribution in [0.15, 0.2) is 4.79 Å². The van der Waals surface area contributed by atoms with Gasteiger partial charge in [-0.25, -0.2) is 9.78 Å². The van der Waals surface area contributed by atoms with Crippen LogP contribution in [-0.2, 0) is 4.74 Å². The molecule has 1 aliphatic heterocycles. The lowest BCUT2D eigenvalue weighted by atomic mass is 10.2. The summed E-state index contributed by atoms with van der Waals surface area (Å²) in [4.78, 5) is 32.8. The van der Waals surface area contributed by atoms with Crippen molar-refractivity contribution in [3.8, 4) is 0 Å². The molecule has 1 aromatic heterocycles. The Morgan fingerprint density at radius 1 is 1.41 bits per heavy atom. The van der Waals surface area contributed by atoms with E-state index in [1.165, 1.54) is 0 Å². The second kappa shape index (κ2) is 5.98.